The van der Waals surface area contributed by atoms with E-state index in [1.807, 2.05) is 0 Å². The van der Waals surface area contributed by atoms with Gasteiger partial charge in [-0.2, -0.15) is 0 Å². The number of nitrogens with two attached hydrogens (primary N) is 1. The fraction of sp³-hybridized carbons (Fsp3) is 0.429. The van der Waals surface area contributed by atoms with Crippen LogP contribution < -0.4 is 5.73 Å². The first-order valence-corrected chi connectivity index (χ1v) is 7.31. The highest BCUT2D eigenvalue weighted by molar-refractivity contribution is 7.99. The predicted octanol–water partition coefficient (Wildman–Crippen LogP) is 1.42. The van der Waals surface area contributed by atoms with Crippen molar-refractivity contribution in [2.45, 2.75) is 18.2 Å². The number of carbonyl (C=O) groups is 2. The first-order valence-electron chi connectivity index (χ1n) is 6.33. The van der Waals surface area contributed by atoms with E-state index in [2.05, 4.69) is 31.2 Å². The summed E-state index contributed by atoms with van der Waals surface area (Å²) in [5.74, 6) is 0.188. The molecule has 1 fully saturated rings. The molecule has 0 spiro atoms. The van der Waals surface area contributed by atoms with Gasteiger partial charge in [0, 0.05) is 30.2 Å². The smallest absolute Gasteiger partial charge is 0.223 e. The summed E-state index contributed by atoms with van der Waals surface area (Å²) in [4.78, 5) is 25.7. The topological polar surface area (TPSA) is 63.4 Å². The van der Waals surface area contributed by atoms with Crippen LogP contribution in [0.5, 0.6) is 0 Å². The van der Waals surface area contributed by atoms with Crippen molar-refractivity contribution in [1.29, 1.82) is 0 Å². The lowest BCUT2D eigenvalue weighted by atomic mass is 10.1. The van der Waals surface area contributed by atoms with Gasteiger partial charge in [-0.05, 0) is 19.1 Å². The van der Waals surface area contributed by atoms with Crippen LogP contribution in [0.3, 0.4) is 0 Å². The Labute approximate surface area is 117 Å². The second-order valence-electron chi connectivity index (χ2n) is 4.80. The Balaban J connectivity index is 1.78. The number of hydrogen-bond acceptors (Lipinski definition) is 3. The maximum Gasteiger partial charge on any atom is 0.223 e. The van der Waals surface area contributed by atoms with Crippen molar-refractivity contribution in [1.82, 2.24) is 4.90 Å². The number of likely N-dealkylation sites (tertiary alicyclic amines) is 1. The fourth-order valence-electron chi connectivity index (χ4n) is 2.09. The number of benzene rings is 1. The maximum absolute atomic E-state index is 11.7. The molecule has 0 aliphatic carbocycles. The van der Waals surface area contributed by atoms with Crippen LogP contribution in [0, 0.1) is 12.8 Å². The molecule has 1 heterocycles. The molecule has 5 heteroatoms. The second-order valence-corrected chi connectivity index (χ2v) is 5.97. The van der Waals surface area contributed by atoms with E-state index in [9.17, 15) is 9.59 Å². The molecular weight excluding hydrogens is 260 g/mol. The van der Waals surface area contributed by atoms with Crippen molar-refractivity contribution in [3.8, 4) is 0 Å². The van der Waals surface area contributed by atoms with Crippen LogP contribution in [-0.4, -0.2) is 35.6 Å². The van der Waals surface area contributed by atoms with Gasteiger partial charge in [0.1, 0.15) is 0 Å². The number of carbonyl (C=O) groups excluding carboxylic acids is 2. The van der Waals surface area contributed by atoms with Crippen LogP contribution in [-0.2, 0) is 9.59 Å². The summed E-state index contributed by atoms with van der Waals surface area (Å²) in [6, 6.07) is 8.31. The molecule has 0 aromatic heterocycles. The first kappa shape index (κ1) is 13.9. The third-order valence-corrected chi connectivity index (χ3v) is 4.26. The monoisotopic (exact) mass is 278 g/mol. The van der Waals surface area contributed by atoms with Crippen molar-refractivity contribution in [3.63, 3.8) is 0 Å². The molecule has 4 nitrogen and oxygen atoms in total. The van der Waals surface area contributed by atoms with E-state index in [1.165, 1.54) is 10.5 Å². The van der Waals surface area contributed by atoms with Crippen LogP contribution in [0.25, 0.3) is 0 Å². The van der Waals surface area contributed by atoms with Crippen LogP contribution in [0.4, 0.5) is 0 Å². The fourth-order valence-corrected chi connectivity index (χ4v) is 2.96. The minimum Gasteiger partial charge on any atom is -0.369 e. The summed E-state index contributed by atoms with van der Waals surface area (Å²) < 4.78 is 0. The third-order valence-electron chi connectivity index (χ3n) is 3.27. The number of hydrogen-bond donors (Lipinski definition) is 1. The van der Waals surface area contributed by atoms with Crippen molar-refractivity contribution < 1.29 is 9.59 Å². The molecule has 0 radical (unpaired) electrons. The summed E-state index contributed by atoms with van der Waals surface area (Å²) in [5, 5.41) is 0. The van der Waals surface area contributed by atoms with Crippen molar-refractivity contribution in [3.05, 3.63) is 29.8 Å². The molecule has 1 aromatic carbocycles. The van der Waals surface area contributed by atoms with E-state index in [1.54, 1.807) is 16.7 Å². The summed E-state index contributed by atoms with van der Waals surface area (Å²) in [6.07, 6.45) is 0.268. The van der Waals surface area contributed by atoms with Crippen LogP contribution in [0.15, 0.2) is 29.2 Å². The van der Waals surface area contributed by atoms with E-state index in [4.69, 9.17) is 5.73 Å². The van der Waals surface area contributed by atoms with Gasteiger partial charge in [0.25, 0.3) is 0 Å². The summed E-state index contributed by atoms with van der Waals surface area (Å²) in [6.45, 7) is 3.20. The zero-order chi connectivity index (χ0) is 13.8. The molecule has 1 aliphatic rings. The minimum atomic E-state index is -0.373. The lowest BCUT2D eigenvalue weighted by Crippen LogP contribution is -2.30. The lowest BCUT2D eigenvalue weighted by molar-refractivity contribution is -0.128. The molecule has 1 saturated heterocycles. The molecule has 102 valence electrons. The second kappa shape index (κ2) is 6.10. The van der Waals surface area contributed by atoms with Gasteiger partial charge < -0.3 is 10.6 Å². The first-order chi connectivity index (χ1) is 9.06. The highest BCUT2D eigenvalue weighted by Crippen LogP contribution is 2.21. The minimum absolute atomic E-state index is 0.0355. The highest BCUT2D eigenvalue weighted by atomic mass is 32.2. The van der Waals surface area contributed by atoms with Gasteiger partial charge in [-0.3, -0.25) is 9.59 Å². The number of thioether (sulfide) groups is 1. The summed E-state index contributed by atoms with van der Waals surface area (Å²) >= 11 is 1.72. The Morgan fingerprint density at radius 1 is 1.42 bits per heavy atom. The van der Waals surface area contributed by atoms with E-state index < -0.39 is 0 Å². The summed E-state index contributed by atoms with van der Waals surface area (Å²) in [5.41, 5.74) is 6.47. The average Bonchev–Trinajstić information content (AvgIpc) is 2.74. The van der Waals surface area contributed by atoms with Gasteiger partial charge in [-0.15, -0.1) is 11.8 Å². The number of amides is 2. The molecule has 19 heavy (non-hydrogen) atoms. The van der Waals surface area contributed by atoms with Gasteiger partial charge in [-0.25, -0.2) is 0 Å². The molecule has 2 amide bonds. The molecule has 1 aromatic rings. The SMILES string of the molecule is Cc1ccc(SCCN2CC(C(N)=O)CC2=O)cc1. The molecule has 2 rings (SSSR count). The normalized spacial score (nSPS) is 18.9. The Morgan fingerprint density at radius 3 is 2.68 bits per heavy atom. The van der Waals surface area contributed by atoms with E-state index in [0.717, 1.165) is 5.75 Å². The van der Waals surface area contributed by atoms with Crippen molar-refractivity contribution in [2.24, 2.45) is 11.7 Å². The Kier molecular flexibility index (Phi) is 4.47. The van der Waals surface area contributed by atoms with Crippen molar-refractivity contribution in [2.75, 3.05) is 18.8 Å². The zero-order valence-corrected chi connectivity index (χ0v) is 11.8. The van der Waals surface area contributed by atoms with Crippen LogP contribution >= 0.6 is 11.8 Å². The number of primary amides is 1. The number of rotatable bonds is 5. The zero-order valence-electron chi connectivity index (χ0n) is 11.0. The third kappa shape index (κ3) is 3.73. The van der Waals surface area contributed by atoms with E-state index in [-0.39, 0.29) is 24.2 Å². The maximum atomic E-state index is 11.7. The Bertz CT molecular complexity index is 473. The van der Waals surface area contributed by atoms with Crippen LogP contribution in [0.1, 0.15) is 12.0 Å². The molecular formula is C14H18N2O2S. The molecule has 1 unspecified atom stereocenters. The molecule has 2 N–H and O–H groups in total. The molecule has 0 saturated carbocycles. The number of aryl methyl sites for hydroxylation is 1. The van der Waals surface area contributed by atoms with Gasteiger partial charge in [0.2, 0.25) is 11.8 Å². The van der Waals surface area contributed by atoms with Crippen LogP contribution in [0.2, 0.25) is 0 Å². The molecule has 0 bridgehead atoms. The van der Waals surface area contributed by atoms with E-state index >= 15 is 0 Å². The Morgan fingerprint density at radius 2 is 2.11 bits per heavy atom. The van der Waals surface area contributed by atoms with Crippen molar-refractivity contribution >= 4 is 23.6 Å². The average molecular weight is 278 g/mol. The van der Waals surface area contributed by atoms with E-state index in [0.29, 0.717) is 13.1 Å². The van der Waals surface area contributed by atoms with Gasteiger partial charge >= 0.3 is 0 Å². The molecule has 1 atom stereocenters. The number of nitrogens with zero attached hydrogens (tertiary/aromatic N) is 1. The largest absolute Gasteiger partial charge is 0.369 e. The standard InChI is InChI=1S/C14H18N2O2S/c1-10-2-4-12(5-3-10)19-7-6-16-9-11(14(15)18)8-13(16)17/h2-5,11H,6-9H2,1H3,(H2,15,18). The van der Waals surface area contributed by atoms with Gasteiger partial charge in [0.05, 0.1) is 5.92 Å². The highest BCUT2D eigenvalue weighted by Gasteiger charge is 2.32. The quantitative estimate of drug-likeness (QED) is 0.829. The van der Waals surface area contributed by atoms with Gasteiger partial charge in [0.15, 0.2) is 0 Å². The predicted molar refractivity (Wildman–Crippen MR) is 75.8 cm³/mol. The lowest BCUT2D eigenvalue weighted by Gasteiger charge is -2.15. The molecule has 1 aliphatic heterocycles. The summed E-state index contributed by atoms with van der Waals surface area (Å²) in [7, 11) is 0. The Hall–Kier alpha value is -1.49. The van der Waals surface area contributed by atoms with Gasteiger partial charge in [-0.1, -0.05) is 17.7 Å².